The van der Waals surface area contributed by atoms with E-state index < -0.39 is 4.92 Å². The van der Waals surface area contributed by atoms with Crippen LogP contribution in [0.3, 0.4) is 0 Å². The maximum Gasteiger partial charge on any atom is 0.274 e. The summed E-state index contributed by atoms with van der Waals surface area (Å²) in [5.41, 5.74) is 0.643. The van der Waals surface area contributed by atoms with Crippen molar-refractivity contribution in [2.45, 2.75) is 12.5 Å². The lowest BCUT2D eigenvalue weighted by molar-refractivity contribution is -0.386. The summed E-state index contributed by atoms with van der Waals surface area (Å²) in [4.78, 5) is 13.0. The molecule has 0 aromatic heterocycles. The fourth-order valence-electron chi connectivity index (χ4n) is 2.61. The predicted molar refractivity (Wildman–Crippen MR) is 84.2 cm³/mol. The van der Waals surface area contributed by atoms with Gasteiger partial charge in [-0.1, -0.05) is 11.6 Å². The van der Waals surface area contributed by atoms with Gasteiger partial charge in [0.2, 0.25) is 0 Å². The molecule has 0 radical (unpaired) electrons. The fourth-order valence-corrected chi connectivity index (χ4v) is 2.79. The number of aliphatic hydroxyl groups is 1. The Morgan fingerprint density at radius 2 is 2.10 bits per heavy atom. The smallest absolute Gasteiger partial charge is 0.274 e. The molecule has 0 unspecified atom stereocenters. The number of aliphatic hydroxyl groups excluding tert-OH is 1. The number of piperazine rings is 1. The van der Waals surface area contributed by atoms with Crippen molar-refractivity contribution < 1.29 is 10.0 Å². The van der Waals surface area contributed by atoms with Crippen molar-refractivity contribution in [3.05, 3.63) is 38.9 Å². The second kappa shape index (κ2) is 8.51. The lowest BCUT2D eigenvalue weighted by atomic mass is 9.99. The molecule has 0 bridgehead atoms. The molecular formula is C13H19Cl2N3O3. The van der Waals surface area contributed by atoms with Crippen LogP contribution in [0, 0.1) is 10.1 Å². The molecule has 1 atom stereocenters. The van der Waals surface area contributed by atoms with Crippen LogP contribution in [-0.2, 0) is 0 Å². The summed E-state index contributed by atoms with van der Waals surface area (Å²) in [5, 5.41) is 24.2. The number of rotatable bonds is 5. The van der Waals surface area contributed by atoms with Crippen molar-refractivity contribution in [1.82, 2.24) is 10.2 Å². The summed E-state index contributed by atoms with van der Waals surface area (Å²) in [5.74, 6) is 0. The summed E-state index contributed by atoms with van der Waals surface area (Å²) in [6, 6.07) is 4.42. The van der Waals surface area contributed by atoms with Crippen LogP contribution >= 0.6 is 24.0 Å². The molecule has 0 spiro atoms. The molecule has 0 amide bonds. The average molecular weight is 336 g/mol. The van der Waals surface area contributed by atoms with Crippen LogP contribution in [0.25, 0.3) is 0 Å². The fraction of sp³-hybridized carbons (Fsp3) is 0.538. The first-order chi connectivity index (χ1) is 9.63. The third-order valence-electron chi connectivity index (χ3n) is 3.54. The second-order valence-corrected chi connectivity index (χ2v) is 5.21. The zero-order chi connectivity index (χ0) is 14.5. The number of nitro benzene ring substituents is 1. The minimum absolute atomic E-state index is 0. The Kier molecular flexibility index (Phi) is 7.34. The highest BCUT2D eigenvalue weighted by Gasteiger charge is 2.28. The topological polar surface area (TPSA) is 78.6 Å². The summed E-state index contributed by atoms with van der Waals surface area (Å²) in [6.45, 7) is 3.27. The Hall–Kier alpha value is -0.920. The molecule has 8 heteroatoms. The van der Waals surface area contributed by atoms with E-state index in [1.165, 1.54) is 12.1 Å². The first-order valence-electron chi connectivity index (χ1n) is 6.63. The SMILES string of the molecule is Cl.O=[N+]([O-])c1ccc(Cl)cc1[C@H](CCO)N1CCNCC1. The minimum atomic E-state index is -0.391. The molecule has 0 saturated carbocycles. The molecule has 21 heavy (non-hydrogen) atoms. The van der Waals surface area contributed by atoms with Crippen LogP contribution in [-0.4, -0.2) is 47.7 Å². The molecule has 2 rings (SSSR count). The van der Waals surface area contributed by atoms with E-state index in [-0.39, 0.29) is 30.7 Å². The molecule has 118 valence electrons. The zero-order valence-corrected chi connectivity index (χ0v) is 13.1. The van der Waals surface area contributed by atoms with Gasteiger partial charge in [-0.3, -0.25) is 15.0 Å². The molecule has 1 saturated heterocycles. The van der Waals surface area contributed by atoms with Gasteiger partial charge in [0.05, 0.1) is 4.92 Å². The molecule has 1 aliphatic heterocycles. The highest BCUT2D eigenvalue weighted by molar-refractivity contribution is 6.30. The van der Waals surface area contributed by atoms with Crippen LogP contribution < -0.4 is 5.32 Å². The molecule has 1 aromatic carbocycles. The normalized spacial score (nSPS) is 17.0. The number of nitro groups is 1. The number of hydrogen-bond acceptors (Lipinski definition) is 5. The van der Waals surface area contributed by atoms with Gasteiger partial charge in [0.1, 0.15) is 0 Å². The molecule has 2 N–H and O–H groups in total. The summed E-state index contributed by atoms with van der Waals surface area (Å²) >= 11 is 5.99. The predicted octanol–water partition coefficient (Wildman–Crippen LogP) is 2.00. The quantitative estimate of drug-likeness (QED) is 0.635. The standard InChI is InChI=1S/C13H18ClN3O3.ClH/c14-10-1-2-13(17(19)20)11(9-10)12(3-8-18)16-6-4-15-5-7-16;/h1-2,9,12,15,18H,3-8H2;1H/t12-;/m0./s1. The maximum absolute atomic E-state index is 11.2. The Labute approximate surface area is 134 Å². The van der Waals surface area contributed by atoms with Gasteiger partial charge in [-0.25, -0.2) is 0 Å². The Morgan fingerprint density at radius 1 is 1.43 bits per heavy atom. The molecule has 1 aromatic rings. The van der Waals surface area contributed by atoms with Crippen molar-refractivity contribution >= 4 is 29.7 Å². The zero-order valence-electron chi connectivity index (χ0n) is 11.5. The van der Waals surface area contributed by atoms with Gasteiger partial charge in [-0.05, 0) is 18.6 Å². The summed E-state index contributed by atoms with van der Waals surface area (Å²) in [7, 11) is 0. The van der Waals surface area contributed by atoms with Crippen molar-refractivity contribution in [3.63, 3.8) is 0 Å². The lowest BCUT2D eigenvalue weighted by Crippen LogP contribution is -2.45. The molecule has 0 aliphatic carbocycles. The first-order valence-corrected chi connectivity index (χ1v) is 7.00. The number of nitrogens with one attached hydrogen (secondary N) is 1. The van der Waals surface area contributed by atoms with E-state index in [1.54, 1.807) is 6.07 Å². The summed E-state index contributed by atoms with van der Waals surface area (Å²) in [6.07, 6.45) is 0.460. The van der Waals surface area contributed by atoms with E-state index in [0.717, 1.165) is 26.2 Å². The van der Waals surface area contributed by atoms with Crippen molar-refractivity contribution in [2.24, 2.45) is 0 Å². The van der Waals surface area contributed by atoms with E-state index in [0.29, 0.717) is 17.0 Å². The van der Waals surface area contributed by atoms with E-state index in [2.05, 4.69) is 10.2 Å². The summed E-state index contributed by atoms with van der Waals surface area (Å²) < 4.78 is 0. The minimum Gasteiger partial charge on any atom is -0.396 e. The molecule has 1 fully saturated rings. The van der Waals surface area contributed by atoms with Gasteiger partial charge >= 0.3 is 0 Å². The number of nitrogens with zero attached hydrogens (tertiary/aromatic N) is 2. The average Bonchev–Trinajstić information content (AvgIpc) is 2.45. The molecular weight excluding hydrogens is 317 g/mol. The van der Waals surface area contributed by atoms with Gasteiger partial charge in [0.25, 0.3) is 5.69 Å². The number of hydrogen-bond donors (Lipinski definition) is 2. The van der Waals surface area contributed by atoms with Crippen LogP contribution in [0.15, 0.2) is 18.2 Å². The maximum atomic E-state index is 11.2. The van der Waals surface area contributed by atoms with E-state index >= 15 is 0 Å². The monoisotopic (exact) mass is 335 g/mol. The van der Waals surface area contributed by atoms with Crippen molar-refractivity contribution in [3.8, 4) is 0 Å². The molecule has 6 nitrogen and oxygen atoms in total. The van der Waals surface area contributed by atoms with Gasteiger partial charge in [-0.2, -0.15) is 0 Å². The Bertz CT molecular complexity index is 482. The highest BCUT2D eigenvalue weighted by Crippen LogP contribution is 2.33. The first kappa shape index (κ1) is 18.1. The lowest BCUT2D eigenvalue weighted by Gasteiger charge is -2.34. The van der Waals surface area contributed by atoms with Crippen LogP contribution in [0.2, 0.25) is 5.02 Å². The van der Waals surface area contributed by atoms with Gasteiger partial charge in [0, 0.05) is 55.5 Å². The molecule has 1 aliphatic rings. The Balaban J connectivity index is 0.00000220. The van der Waals surface area contributed by atoms with Crippen LogP contribution in [0.4, 0.5) is 5.69 Å². The van der Waals surface area contributed by atoms with Gasteiger partial charge < -0.3 is 10.4 Å². The van der Waals surface area contributed by atoms with Crippen molar-refractivity contribution in [1.29, 1.82) is 0 Å². The van der Waals surface area contributed by atoms with Gasteiger partial charge in [0.15, 0.2) is 0 Å². The third-order valence-corrected chi connectivity index (χ3v) is 3.78. The second-order valence-electron chi connectivity index (χ2n) is 4.77. The third kappa shape index (κ3) is 4.52. The van der Waals surface area contributed by atoms with Gasteiger partial charge in [-0.15, -0.1) is 12.4 Å². The van der Waals surface area contributed by atoms with E-state index in [9.17, 15) is 15.2 Å². The van der Waals surface area contributed by atoms with Crippen molar-refractivity contribution in [2.75, 3.05) is 32.8 Å². The Morgan fingerprint density at radius 3 is 2.67 bits per heavy atom. The largest absolute Gasteiger partial charge is 0.396 e. The van der Waals surface area contributed by atoms with Crippen LogP contribution in [0.1, 0.15) is 18.0 Å². The van der Waals surface area contributed by atoms with E-state index in [4.69, 9.17) is 11.6 Å². The highest BCUT2D eigenvalue weighted by atomic mass is 35.5. The number of halogens is 2. The number of benzene rings is 1. The van der Waals surface area contributed by atoms with E-state index in [1.807, 2.05) is 0 Å². The van der Waals surface area contributed by atoms with Crippen LogP contribution in [0.5, 0.6) is 0 Å². The molecule has 1 heterocycles.